The lowest BCUT2D eigenvalue weighted by Crippen LogP contribution is -2.06. The van der Waals surface area contributed by atoms with E-state index >= 15 is 0 Å². The van der Waals surface area contributed by atoms with Crippen molar-refractivity contribution in [1.29, 1.82) is 0 Å². The van der Waals surface area contributed by atoms with E-state index in [1.165, 1.54) is 6.07 Å². The molecule has 0 unspecified atom stereocenters. The summed E-state index contributed by atoms with van der Waals surface area (Å²) in [4.78, 5) is 0. The molecule has 0 fully saturated rings. The molecule has 0 saturated carbocycles. The van der Waals surface area contributed by atoms with Gasteiger partial charge < -0.3 is 11.1 Å². The minimum atomic E-state index is -4.39. The molecule has 20 heavy (non-hydrogen) atoms. The van der Waals surface area contributed by atoms with E-state index in [2.05, 4.69) is 10.4 Å². The Bertz CT molecular complexity index is 617. The lowest BCUT2D eigenvalue weighted by atomic mass is 10.1. The Morgan fingerprint density at radius 2 is 2.00 bits per heavy atom. The van der Waals surface area contributed by atoms with Crippen molar-refractivity contribution in [3.63, 3.8) is 0 Å². The summed E-state index contributed by atoms with van der Waals surface area (Å²) in [6.45, 7) is 1.95. The molecule has 7 heteroatoms. The van der Waals surface area contributed by atoms with Crippen LogP contribution < -0.4 is 11.1 Å². The SMILES string of the molecule is CCc1nn(C)cc1Nc1ccc(C(F)(F)F)cc1N. The zero-order chi connectivity index (χ0) is 14.9. The lowest BCUT2D eigenvalue weighted by molar-refractivity contribution is -0.137. The van der Waals surface area contributed by atoms with Crippen molar-refractivity contribution in [3.8, 4) is 0 Å². The van der Waals surface area contributed by atoms with Crippen LogP contribution in [0.2, 0.25) is 0 Å². The number of aromatic nitrogens is 2. The fourth-order valence-corrected chi connectivity index (χ4v) is 1.90. The second-order valence-electron chi connectivity index (χ2n) is 4.44. The summed E-state index contributed by atoms with van der Waals surface area (Å²) in [6, 6.07) is 3.25. The predicted molar refractivity (Wildman–Crippen MR) is 71.7 cm³/mol. The molecule has 3 N–H and O–H groups in total. The van der Waals surface area contributed by atoms with E-state index < -0.39 is 11.7 Å². The molecule has 0 spiro atoms. The maximum Gasteiger partial charge on any atom is 0.416 e. The first-order chi connectivity index (χ1) is 9.31. The molecule has 2 aromatic rings. The first-order valence-corrected chi connectivity index (χ1v) is 6.07. The summed E-state index contributed by atoms with van der Waals surface area (Å²) in [7, 11) is 1.78. The zero-order valence-corrected chi connectivity index (χ0v) is 11.1. The Kier molecular flexibility index (Phi) is 3.61. The van der Waals surface area contributed by atoms with Gasteiger partial charge in [0.1, 0.15) is 0 Å². The Labute approximate surface area is 114 Å². The van der Waals surface area contributed by atoms with Crippen molar-refractivity contribution in [2.45, 2.75) is 19.5 Å². The van der Waals surface area contributed by atoms with Gasteiger partial charge in [-0.15, -0.1) is 0 Å². The molecule has 1 aromatic carbocycles. The average Bonchev–Trinajstić information content (AvgIpc) is 2.70. The van der Waals surface area contributed by atoms with Crippen molar-refractivity contribution in [1.82, 2.24) is 9.78 Å². The van der Waals surface area contributed by atoms with Crippen LogP contribution in [0.1, 0.15) is 18.2 Å². The van der Waals surface area contributed by atoms with Gasteiger partial charge in [-0.25, -0.2) is 0 Å². The minimum absolute atomic E-state index is 0.0470. The molecule has 0 saturated heterocycles. The number of anilines is 3. The third-order valence-corrected chi connectivity index (χ3v) is 2.89. The molecule has 1 heterocycles. The fraction of sp³-hybridized carbons (Fsp3) is 0.308. The summed E-state index contributed by atoms with van der Waals surface area (Å²) in [6.07, 6.45) is -1.92. The van der Waals surface area contributed by atoms with Gasteiger partial charge in [-0.3, -0.25) is 4.68 Å². The van der Waals surface area contributed by atoms with E-state index in [0.717, 1.165) is 23.5 Å². The van der Waals surface area contributed by atoms with Gasteiger partial charge in [0.15, 0.2) is 0 Å². The highest BCUT2D eigenvalue weighted by Crippen LogP contribution is 2.34. The largest absolute Gasteiger partial charge is 0.416 e. The van der Waals surface area contributed by atoms with Crippen LogP contribution in [0.25, 0.3) is 0 Å². The second-order valence-corrected chi connectivity index (χ2v) is 4.44. The molecule has 4 nitrogen and oxygen atoms in total. The number of aryl methyl sites for hydroxylation is 2. The number of benzene rings is 1. The molecule has 0 aliphatic rings. The predicted octanol–water partition coefficient (Wildman–Crippen LogP) is 3.33. The lowest BCUT2D eigenvalue weighted by Gasteiger charge is -2.12. The summed E-state index contributed by atoms with van der Waals surface area (Å²) in [5, 5.41) is 7.26. The molecular formula is C13H15F3N4. The number of hydrogen-bond donors (Lipinski definition) is 2. The third-order valence-electron chi connectivity index (χ3n) is 2.89. The van der Waals surface area contributed by atoms with E-state index in [-0.39, 0.29) is 5.69 Å². The van der Waals surface area contributed by atoms with Crippen LogP contribution in [0, 0.1) is 0 Å². The van der Waals surface area contributed by atoms with Gasteiger partial charge in [-0.1, -0.05) is 6.92 Å². The Morgan fingerprint density at radius 1 is 1.30 bits per heavy atom. The van der Waals surface area contributed by atoms with E-state index in [9.17, 15) is 13.2 Å². The second kappa shape index (κ2) is 5.07. The number of hydrogen-bond acceptors (Lipinski definition) is 3. The molecule has 0 amide bonds. The van der Waals surface area contributed by atoms with Gasteiger partial charge in [0, 0.05) is 13.2 Å². The van der Waals surface area contributed by atoms with Crippen LogP contribution in [0.5, 0.6) is 0 Å². The van der Waals surface area contributed by atoms with Gasteiger partial charge in [-0.05, 0) is 24.6 Å². The smallest absolute Gasteiger partial charge is 0.397 e. The summed E-state index contributed by atoms with van der Waals surface area (Å²) >= 11 is 0. The van der Waals surface area contributed by atoms with E-state index in [0.29, 0.717) is 12.1 Å². The van der Waals surface area contributed by atoms with E-state index in [1.54, 1.807) is 17.9 Å². The summed E-state index contributed by atoms with van der Waals surface area (Å²) in [5.41, 5.74) is 6.95. The Hall–Kier alpha value is -2.18. The summed E-state index contributed by atoms with van der Waals surface area (Å²) in [5.74, 6) is 0. The van der Waals surface area contributed by atoms with Crippen LogP contribution in [0.4, 0.5) is 30.2 Å². The number of nitrogens with two attached hydrogens (primary N) is 1. The van der Waals surface area contributed by atoms with E-state index in [4.69, 9.17) is 5.73 Å². The number of nitrogens with one attached hydrogen (secondary N) is 1. The molecular weight excluding hydrogens is 269 g/mol. The van der Waals surface area contributed by atoms with Crippen molar-refractivity contribution in [3.05, 3.63) is 35.7 Å². The molecule has 0 radical (unpaired) electrons. The normalized spacial score (nSPS) is 11.7. The Balaban J connectivity index is 2.30. The highest BCUT2D eigenvalue weighted by molar-refractivity contribution is 5.73. The third kappa shape index (κ3) is 2.87. The highest BCUT2D eigenvalue weighted by Gasteiger charge is 2.30. The molecule has 0 aliphatic carbocycles. The van der Waals surface area contributed by atoms with Gasteiger partial charge in [0.25, 0.3) is 0 Å². The number of alkyl halides is 3. The molecule has 1 aromatic heterocycles. The molecule has 0 aliphatic heterocycles. The zero-order valence-electron chi connectivity index (χ0n) is 11.1. The van der Waals surface area contributed by atoms with Crippen LogP contribution in [-0.2, 0) is 19.6 Å². The van der Waals surface area contributed by atoms with Crippen molar-refractivity contribution in [2.75, 3.05) is 11.1 Å². The highest BCUT2D eigenvalue weighted by atomic mass is 19.4. The van der Waals surface area contributed by atoms with Gasteiger partial charge >= 0.3 is 6.18 Å². The van der Waals surface area contributed by atoms with E-state index in [1.807, 2.05) is 6.92 Å². The van der Waals surface area contributed by atoms with Crippen LogP contribution in [0.15, 0.2) is 24.4 Å². The maximum absolute atomic E-state index is 12.6. The van der Waals surface area contributed by atoms with Gasteiger partial charge in [0.05, 0.1) is 28.3 Å². The number of rotatable bonds is 3. The van der Waals surface area contributed by atoms with Crippen LogP contribution >= 0.6 is 0 Å². The van der Waals surface area contributed by atoms with Crippen molar-refractivity contribution < 1.29 is 13.2 Å². The molecule has 0 atom stereocenters. The quantitative estimate of drug-likeness (QED) is 0.850. The minimum Gasteiger partial charge on any atom is -0.397 e. The van der Waals surface area contributed by atoms with Gasteiger partial charge in [0.2, 0.25) is 0 Å². The fourth-order valence-electron chi connectivity index (χ4n) is 1.90. The summed E-state index contributed by atoms with van der Waals surface area (Å²) < 4.78 is 39.3. The molecule has 0 bridgehead atoms. The Morgan fingerprint density at radius 3 is 2.55 bits per heavy atom. The standard InChI is InChI=1S/C13H15F3N4/c1-3-10-12(7-20(2)19-10)18-11-5-4-8(6-9(11)17)13(14,15)16/h4-7,18H,3,17H2,1-2H3. The first kappa shape index (κ1) is 14.2. The maximum atomic E-state index is 12.6. The topological polar surface area (TPSA) is 55.9 Å². The van der Waals surface area contributed by atoms with Crippen molar-refractivity contribution in [2.24, 2.45) is 7.05 Å². The number of nitrogen functional groups attached to an aromatic ring is 1. The van der Waals surface area contributed by atoms with Gasteiger partial charge in [-0.2, -0.15) is 18.3 Å². The number of halogens is 3. The van der Waals surface area contributed by atoms with Crippen molar-refractivity contribution >= 4 is 17.1 Å². The molecule has 2 rings (SSSR count). The van der Waals surface area contributed by atoms with Crippen LogP contribution in [-0.4, -0.2) is 9.78 Å². The van der Waals surface area contributed by atoms with Crippen LogP contribution in [0.3, 0.4) is 0 Å². The molecule has 108 valence electrons. The average molecular weight is 284 g/mol. The number of nitrogens with zero attached hydrogens (tertiary/aromatic N) is 2. The first-order valence-electron chi connectivity index (χ1n) is 6.07. The monoisotopic (exact) mass is 284 g/mol.